The molecule has 1 N–H and O–H groups in total. The SMILES string of the molecule is COc1ccc(CCNCc2cnccn2)cc1. The van der Waals surface area contributed by atoms with E-state index in [0.717, 1.165) is 31.0 Å². The molecule has 1 heterocycles. The lowest BCUT2D eigenvalue weighted by atomic mass is 10.1. The number of nitrogens with one attached hydrogen (secondary N) is 1. The maximum Gasteiger partial charge on any atom is 0.118 e. The highest BCUT2D eigenvalue weighted by Gasteiger charge is 1.96. The van der Waals surface area contributed by atoms with E-state index in [0.29, 0.717) is 0 Å². The molecule has 0 spiro atoms. The minimum absolute atomic E-state index is 0.754. The second kappa shape index (κ2) is 6.71. The van der Waals surface area contributed by atoms with E-state index in [9.17, 15) is 0 Å². The van der Waals surface area contributed by atoms with Crippen LogP contribution >= 0.6 is 0 Å². The van der Waals surface area contributed by atoms with Crippen LogP contribution in [0.1, 0.15) is 11.3 Å². The molecule has 18 heavy (non-hydrogen) atoms. The van der Waals surface area contributed by atoms with Crippen LogP contribution in [0.2, 0.25) is 0 Å². The van der Waals surface area contributed by atoms with Crippen LogP contribution in [-0.4, -0.2) is 23.6 Å². The molecule has 0 aliphatic heterocycles. The van der Waals surface area contributed by atoms with Gasteiger partial charge in [0.1, 0.15) is 5.75 Å². The van der Waals surface area contributed by atoms with Crippen LogP contribution in [0.5, 0.6) is 5.75 Å². The summed E-state index contributed by atoms with van der Waals surface area (Å²) in [5.74, 6) is 0.895. The van der Waals surface area contributed by atoms with Gasteiger partial charge in [0.05, 0.1) is 12.8 Å². The molecular weight excluding hydrogens is 226 g/mol. The van der Waals surface area contributed by atoms with Crippen molar-refractivity contribution < 1.29 is 4.74 Å². The van der Waals surface area contributed by atoms with Gasteiger partial charge in [0.2, 0.25) is 0 Å². The third kappa shape index (κ3) is 3.82. The first-order valence-electron chi connectivity index (χ1n) is 5.97. The number of rotatable bonds is 6. The van der Waals surface area contributed by atoms with Gasteiger partial charge in [0.15, 0.2) is 0 Å². The van der Waals surface area contributed by atoms with Crippen molar-refractivity contribution >= 4 is 0 Å². The van der Waals surface area contributed by atoms with Crippen LogP contribution in [0, 0.1) is 0 Å². The van der Waals surface area contributed by atoms with Crippen molar-refractivity contribution in [2.45, 2.75) is 13.0 Å². The van der Waals surface area contributed by atoms with Crippen molar-refractivity contribution in [2.75, 3.05) is 13.7 Å². The summed E-state index contributed by atoms with van der Waals surface area (Å²) >= 11 is 0. The molecule has 0 radical (unpaired) electrons. The summed E-state index contributed by atoms with van der Waals surface area (Å²) in [5, 5.41) is 3.35. The third-order valence-electron chi connectivity index (χ3n) is 2.67. The smallest absolute Gasteiger partial charge is 0.118 e. The molecule has 0 atom stereocenters. The summed E-state index contributed by atoms with van der Waals surface area (Å²) < 4.78 is 5.12. The number of hydrogen-bond acceptors (Lipinski definition) is 4. The van der Waals surface area contributed by atoms with Gasteiger partial charge in [-0.15, -0.1) is 0 Å². The van der Waals surface area contributed by atoms with Gasteiger partial charge in [-0.3, -0.25) is 9.97 Å². The summed E-state index contributed by atoms with van der Waals surface area (Å²) in [6.07, 6.45) is 6.16. The Morgan fingerprint density at radius 2 is 2.00 bits per heavy atom. The first kappa shape index (κ1) is 12.5. The highest BCUT2D eigenvalue weighted by Crippen LogP contribution is 2.11. The predicted octanol–water partition coefficient (Wildman–Crippen LogP) is 1.82. The molecule has 4 nitrogen and oxygen atoms in total. The molecule has 0 bridgehead atoms. The second-order valence-electron chi connectivity index (χ2n) is 3.97. The molecule has 0 aliphatic rings. The van der Waals surface area contributed by atoms with Crippen LogP contribution in [0.15, 0.2) is 42.9 Å². The molecular formula is C14H17N3O. The van der Waals surface area contributed by atoms with Gasteiger partial charge in [-0.1, -0.05) is 12.1 Å². The van der Waals surface area contributed by atoms with Gasteiger partial charge in [0.25, 0.3) is 0 Å². The zero-order chi connectivity index (χ0) is 12.6. The fourth-order valence-electron chi connectivity index (χ4n) is 1.66. The Morgan fingerprint density at radius 1 is 1.17 bits per heavy atom. The molecule has 0 amide bonds. The lowest BCUT2D eigenvalue weighted by Gasteiger charge is -2.05. The van der Waals surface area contributed by atoms with E-state index in [4.69, 9.17) is 4.74 Å². The van der Waals surface area contributed by atoms with Gasteiger partial charge in [-0.25, -0.2) is 0 Å². The standard InChI is InChI=1S/C14H17N3O/c1-18-14-4-2-12(3-5-14)6-7-15-10-13-11-16-8-9-17-13/h2-5,8-9,11,15H,6-7,10H2,1H3. The second-order valence-corrected chi connectivity index (χ2v) is 3.97. The van der Waals surface area contributed by atoms with E-state index >= 15 is 0 Å². The molecule has 0 aliphatic carbocycles. The largest absolute Gasteiger partial charge is 0.497 e. The van der Waals surface area contributed by atoms with Crippen LogP contribution in [0.25, 0.3) is 0 Å². The predicted molar refractivity (Wildman–Crippen MR) is 70.4 cm³/mol. The summed E-state index contributed by atoms with van der Waals surface area (Å²) in [7, 11) is 1.68. The Kier molecular flexibility index (Phi) is 4.67. The molecule has 0 saturated carbocycles. The normalized spacial score (nSPS) is 10.3. The molecule has 1 aromatic heterocycles. The molecule has 1 aromatic carbocycles. The van der Waals surface area contributed by atoms with Crippen molar-refractivity contribution in [1.82, 2.24) is 15.3 Å². The van der Waals surface area contributed by atoms with Crippen LogP contribution in [-0.2, 0) is 13.0 Å². The number of nitrogens with zero attached hydrogens (tertiary/aromatic N) is 2. The minimum Gasteiger partial charge on any atom is -0.497 e. The monoisotopic (exact) mass is 243 g/mol. The zero-order valence-corrected chi connectivity index (χ0v) is 10.5. The maximum atomic E-state index is 5.12. The van der Waals surface area contributed by atoms with Gasteiger partial charge < -0.3 is 10.1 Å². The fourth-order valence-corrected chi connectivity index (χ4v) is 1.66. The topological polar surface area (TPSA) is 47.0 Å². The number of hydrogen-bond donors (Lipinski definition) is 1. The van der Waals surface area contributed by atoms with Crippen molar-refractivity contribution in [3.8, 4) is 5.75 Å². The van der Waals surface area contributed by atoms with Crippen molar-refractivity contribution in [1.29, 1.82) is 0 Å². The van der Waals surface area contributed by atoms with E-state index in [1.165, 1.54) is 5.56 Å². The number of benzene rings is 1. The van der Waals surface area contributed by atoms with Gasteiger partial charge >= 0.3 is 0 Å². The van der Waals surface area contributed by atoms with Crippen molar-refractivity contribution in [3.63, 3.8) is 0 Å². The van der Waals surface area contributed by atoms with E-state index in [2.05, 4.69) is 27.4 Å². The maximum absolute atomic E-state index is 5.12. The lowest BCUT2D eigenvalue weighted by molar-refractivity contribution is 0.414. The first-order valence-corrected chi connectivity index (χ1v) is 5.97. The third-order valence-corrected chi connectivity index (χ3v) is 2.67. The highest BCUT2D eigenvalue weighted by atomic mass is 16.5. The van der Waals surface area contributed by atoms with Crippen molar-refractivity contribution in [3.05, 3.63) is 54.1 Å². The molecule has 2 rings (SSSR count). The summed E-state index contributed by atoms with van der Waals surface area (Å²) in [5.41, 5.74) is 2.26. The van der Waals surface area contributed by atoms with Gasteiger partial charge in [-0.2, -0.15) is 0 Å². The Bertz CT molecular complexity index is 456. The van der Waals surface area contributed by atoms with Gasteiger partial charge in [-0.05, 0) is 30.7 Å². The van der Waals surface area contributed by atoms with E-state index < -0.39 is 0 Å². The zero-order valence-electron chi connectivity index (χ0n) is 10.5. The molecule has 94 valence electrons. The summed E-state index contributed by atoms with van der Waals surface area (Å²) in [4.78, 5) is 8.23. The molecule has 0 saturated heterocycles. The lowest BCUT2D eigenvalue weighted by Crippen LogP contribution is -2.17. The van der Waals surface area contributed by atoms with Gasteiger partial charge in [0, 0.05) is 25.1 Å². The molecule has 0 fully saturated rings. The molecule has 2 aromatic rings. The average molecular weight is 243 g/mol. The van der Waals surface area contributed by atoms with Crippen molar-refractivity contribution in [2.24, 2.45) is 0 Å². The Morgan fingerprint density at radius 3 is 2.67 bits per heavy atom. The molecule has 4 heteroatoms. The Labute approximate surface area is 107 Å². The fraction of sp³-hybridized carbons (Fsp3) is 0.286. The van der Waals surface area contributed by atoms with E-state index in [1.54, 1.807) is 25.7 Å². The first-order chi connectivity index (χ1) is 8.88. The van der Waals surface area contributed by atoms with E-state index in [-0.39, 0.29) is 0 Å². The van der Waals surface area contributed by atoms with E-state index in [1.807, 2.05) is 12.1 Å². The van der Waals surface area contributed by atoms with Crippen LogP contribution in [0.3, 0.4) is 0 Å². The minimum atomic E-state index is 0.754. The number of aromatic nitrogens is 2. The number of methoxy groups -OCH3 is 1. The highest BCUT2D eigenvalue weighted by molar-refractivity contribution is 5.27. The Hall–Kier alpha value is -1.94. The summed E-state index contributed by atoms with van der Waals surface area (Å²) in [6, 6.07) is 8.14. The average Bonchev–Trinajstić information content (AvgIpc) is 2.45. The Balaban J connectivity index is 1.72. The van der Waals surface area contributed by atoms with Crippen LogP contribution < -0.4 is 10.1 Å². The number of ether oxygens (including phenoxy) is 1. The summed E-state index contributed by atoms with van der Waals surface area (Å²) in [6.45, 7) is 1.67. The quantitative estimate of drug-likeness (QED) is 0.786. The molecule has 0 unspecified atom stereocenters. The van der Waals surface area contributed by atoms with Crippen LogP contribution in [0.4, 0.5) is 0 Å².